The number of morpholine rings is 1. The molecule has 1 fully saturated rings. The second-order valence-corrected chi connectivity index (χ2v) is 5.09. The molecule has 1 saturated heterocycles. The summed E-state index contributed by atoms with van der Waals surface area (Å²) < 4.78 is 24.6. The van der Waals surface area contributed by atoms with Crippen LogP contribution in [0.25, 0.3) is 0 Å². The van der Waals surface area contributed by atoms with E-state index in [0.717, 1.165) is 5.56 Å². The topological polar surface area (TPSA) is 30.5 Å². The van der Waals surface area contributed by atoms with E-state index in [0.29, 0.717) is 13.2 Å². The number of hydrogen-bond acceptors (Lipinski definition) is 3. The van der Waals surface area contributed by atoms with Gasteiger partial charge in [0.25, 0.3) is 0 Å². The summed E-state index contributed by atoms with van der Waals surface area (Å²) in [6, 6.07) is 15.3. The maximum Gasteiger partial charge on any atom is 0.165 e. The highest BCUT2D eigenvalue weighted by molar-refractivity contribution is 5.31. The number of benzene rings is 2. The Balaban J connectivity index is 1.67. The first-order chi connectivity index (χ1) is 10.3. The predicted molar refractivity (Wildman–Crippen MR) is 78.8 cm³/mol. The minimum Gasteiger partial charge on any atom is -0.494 e. The third kappa shape index (κ3) is 3.06. The molecule has 0 bridgehead atoms. The second kappa shape index (κ2) is 6.24. The van der Waals surface area contributed by atoms with Crippen molar-refractivity contribution in [3.8, 4) is 5.75 Å². The zero-order chi connectivity index (χ0) is 14.7. The summed E-state index contributed by atoms with van der Waals surface area (Å²) in [6.07, 6.45) is -0.134. The molecule has 2 atom stereocenters. The first-order valence-corrected chi connectivity index (χ1v) is 7.01. The molecule has 110 valence electrons. The van der Waals surface area contributed by atoms with E-state index in [1.807, 2.05) is 24.3 Å². The Morgan fingerprint density at radius 1 is 1.14 bits per heavy atom. The van der Waals surface area contributed by atoms with Crippen LogP contribution in [0.3, 0.4) is 0 Å². The molecule has 1 aliphatic heterocycles. The van der Waals surface area contributed by atoms with Crippen LogP contribution in [0.5, 0.6) is 5.75 Å². The molecule has 3 rings (SSSR count). The van der Waals surface area contributed by atoms with E-state index in [1.165, 1.54) is 18.7 Å². The number of ether oxygens (including phenoxy) is 2. The highest BCUT2D eigenvalue weighted by Crippen LogP contribution is 2.28. The normalized spacial score (nSPS) is 22.0. The molecule has 2 aromatic rings. The highest BCUT2D eigenvalue weighted by Gasteiger charge is 2.23. The van der Waals surface area contributed by atoms with Crippen molar-refractivity contribution >= 4 is 0 Å². The fourth-order valence-electron chi connectivity index (χ4n) is 2.58. The number of rotatable bonds is 3. The van der Waals surface area contributed by atoms with Crippen molar-refractivity contribution in [3.63, 3.8) is 0 Å². The summed E-state index contributed by atoms with van der Waals surface area (Å²) in [5.41, 5.74) is 2.03. The lowest BCUT2D eigenvalue weighted by Gasteiger charge is -2.31. The van der Waals surface area contributed by atoms with E-state index in [4.69, 9.17) is 9.47 Å². The largest absolute Gasteiger partial charge is 0.494 e. The highest BCUT2D eigenvalue weighted by atomic mass is 19.1. The lowest BCUT2D eigenvalue weighted by atomic mass is 10.0. The van der Waals surface area contributed by atoms with Crippen LogP contribution in [-0.2, 0) is 4.74 Å². The first-order valence-electron chi connectivity index (χ1n) is 7.01. The molecule has 0 spiro atoms. The maximum atomic E-state index is 13.7. The van der Waals surface area contributed by atoms with Crippen molar-refractivity contribution in [3.05, 3.63) is 65.5 Å². The van der Waals surface area contributed by atoms with Gasteiger partial charge in [-0.1, -0.05) is 36.4 Å². The second-order valence-electron chi connectivity index (χ2n) is 5.09. The van der Waals surface area contributed by atoms with Gasteiger partial charge in [0.05, 0.1) is 25.9 Å². The Morgan fingerprint density at radius 3 is 2.57 bits per heavy atom. The van der Waals surface area contributed by atoms with Crippen molar-refractivity contribution in [2.24, 2.45) is 0 Å². The number of nitrogens with one attached hydrogen (secondary N) is 1. The van der Waals surface area contributed by atoms with Crippen molar-refractivity contribution in [1.29, 1.82) is 0 Å². The number of halogens is 1. The zero-order valence-corrected chi connectivity index (χ0v) is 11.9. The molecule has 2 unspecified atom stereocenters. The Hall–Kier alpha value is -1.91. The van der Waals surface area contributed by atoms with E-state index in [9.17, 15) is 4.39 Å². The van der Waals surface area contributed by atoms with E-state index >= 15 is 0 Å². The van der Waals surface area contributed by atoms with Crippen LogP contribution in [0.4, 0.5) is 4.39 Å². The molecule has 1 N–H and O–H groups in total. The summed E-state index contributed by atoms with van der Waals surface area (Å²) in [5.74, 6) is -0.103. The monoisotopic (exact) mass is 287 g/mol. The Bertz CT molecular complexity index is 595. The summed E-state index contributed by atoms with van der Waals surface area (Å²) in [5, 5.41) is 3.45. The zero-order valence-electron chi connectivity index (χ0n) is 11.9. The lowest BCUT2D eigenvalue weighted by Crippen LogP contribution is -2.36. The minimum absolute atomic E-state index is 0.134. The average molecular weight is 287 g/mol. The van der Waals surface area contributed by atoms with E-state index in [1.54, 1.807) is 6.07 Å². The molecular formula is C17H18FNO2. The molecule has 4 heteroatoms. The van der Waals surface area contributed by atoms with Gasteiger partial charge in [-0.3, -0.25) is 0 Å². The molecule has 3 nitrogen and oxygen atoms in total. The molecule has 0 saturated carbocycles. The van der Waals surface area contributed by atoms with Crippen molar-refractivity contribution < 1.29 is 13.9 Å². The van der Waals surface area contributed by atoms with Crippen molar-refractivity contribution in [2.45, 2.75) is 12.1 Å². The van der Waals surface area contributed by atoms with Gasteiger partial charge in [-0.15, -0.1) is 0 Å². The molecule has 0 aromatic heterocycles. The van der Waals surface area contributed by atoms with Gasteiger partial charge >= 0.3 is 0 Å². The van der Waals surface area contributed by atoms with E-state index in [2.05, 4.69) is 17.4 Å². The number of hydrogen-bond donors (Lipinski definition) is 1. The third-order valence-corrected chi connectivity index (χ3v) is 3.76. The first kappa shape index (κ1) is 14.0. The van der Waals surface area contributed by atoms with Crippen molar-refractivity contribution in [2.75, 3.05) is 20.3 Å². The van der Waals surface area contributed by atoms with Crippen LogP contribution >= 0.6 is 0 Å². The molecule has 2 aromatic carbocycles. The fourth-order valence-corrected chi connectivity index (χ4v) is 2.58. The Kier molecular flexibility index (Phi) is 4.18. The third-order valence-electron chi connectivity index (χ3n) is 3.76. The van der Waals surface area contributed by atoms with E-state index < -0.39 is 0 Å². The van der Waals surface area contributed by atoms with Crippen LogP contribution in [0.2, 0.25) is 0 Å². The molecular weight excluding hydrogens is 269 g/mol. The van der Waals surface area contributed by atoms with Crippen LogP contribution in [0.15, 0.2) is 48.5 Å². The van der Waals surface area contributed by atoms with Gasteiger partial charge in [0.1, 0.15) is 0 Å². The van der Waals surface area contributed by atoms with Gasteiger partial charge in [-0.25, -0.2) is 4.39 Å². The summed E-state index contributed by atoms with van der Waals surface area (Å²) in [6.45, 7) is 1.23. The Morgan fingerprint density at radius 2 is 1.95 bits per heavy atom. The van der Waals surface area contributed by atoms with Crippen LogP contribution in [0.1, 0.15) is 23.3 Å². The molecule has 0 amide bonds. The quantitative estimate of drug-likeness (QED) is 0.940. The van der Waals surface area contributed by atoms with E-state index in [-0.39, 0.29) is 23.7 Å². The minimum atomic E-state index is -0.358. The number of methoxy groups -OCH3 is 1. The van der Waals surface area contributed by atoms with Gasteiger partial charge in [0, 0.05) is 6.54 Å². The fraction of sp³-hybridized carbons (Fsp3) is 0.294. The van der Waals surface area contributed by atoms with Crippen LogP contribution in [-0.4, -0.2) is 20.3 Å². The van der Waals surface area contributed by atoms with Gasteiger partial charge in [0.2, 0.25) is 0 Å². The predicted octanol–water partition coefficient (Wildman–Crippen LogP) is 3.24. The van der Waals surface area contributed by atoms with Crippen molar-refractivity contribution in [1.82, 2.24) is 5.32 Å². The average Bonchev–Trinajstić information content (AvgIpc) is 2.56. The standard InChI is InChI=1S/C17H18FNO2/c1-20-16-8-7-13(9-14(16)18)17-10-19-15(11-21-17)12-5-3-2-4-6-12/h2-9,15,17,19H,10-11H2,1H3. The Labute approximate surface area is 123 Å². The van der Waals surface area contributed by atoms with Gasteiger partial charge in [-0.05, 0) is 23.3 Å². The smallest absolute Gasteiger partial charge is 0.165 e. The molecule has 0 radical (unpaired) electrons. The molecule has 0 aliphatic carbocycles. The summed E-state index contributed by atoms with van der Waals surface area (Å²) >= 11 is 0. The SMILES string of the molecule is COc1ccc(C2CNC(c3ccccc3)CO2)cc1F. The molecule has 1 aliphatic rings. The van der Waals surface area contributed by atoms with Gasteiger partial charge in [-0.2, -0.15) is 0 Å². The van der Waals surface area contributed by atoms with Gasteiger partial charge in [0.15, 0.2) is 11.6 Å². The summed E-state index contributed by atoms with van der Waals surface area (Å²) in [7, 11) is 1.46. The van der Waals surface area contributed by atoms with Crippen LogP contribution in [0, 0.1) is 5.82 Å². The molecule has 21 heavy (non-hydrogen) atoms. The maximum absolute atomic E-state index is 13.7. The lowest BCUT2D eigenvalue weighted by molar-refractivity contribution is 0.00219. The molecule has 1 heterocycles. The van der Waals surface area contributed by atoms with Crippen LogP contribution < -0.4 is 10.1 Å². The summed E-state index contributed by atoms with van der Waals surface area (Å²) in [4.78, 5) is 0. The van der Waals surface area contributed by atoms with Gasteiger partial charge < -0.3 is 14.8 Å².